The number of anilines is 1. The smallest absolute Gasteiger partial charge is 0.324 e. The van der Waals surface area contributed by atoms with Gasteiger partial charge in [0.05, 0.1) is 11.9 Å². The quantitative estimate of drug-likeness (QED) is 0.496. The van der Waals surface area contributed by atoms with Crippen LogP contribution in [0.15, 0.2) is 10.4 Å². The molecular formula is C21H33N3O4S2. The number of carbonyl (C=O) groups excluding carboxylic acids is 1. The molecule has 7 nitrogen and oxygen atoms in total. The van der Waals surface area contributed by atoms with Crippen LogP contribution >= 0.6 is 23.1 Å². The lowest BCUT2D eigenvalue weighted by Gasteiger charge is -2.42. The average Bonchev–Trinajstić information content (AvgIpc) is 3.20. The molecule has 0 radical (unpaired) electrons. The summed E-state index contributed by atoms with van der Waals surface area (Å²) in [6.07, 6.45) is 11.1. The summed E-state index contributed by atoms with van der Waals surface area (Å²) in [4.78, 5) is 30.5. The lowest BCUT2D eigenvalue weighted by atomic mass is 9.88. The highest BCUT2D eigenvalue weighted by Crippen LogP contribution is 2.32. The van der Waals surface area contributed by atoms with E-state index >= 15 is 0 Å². The Bertz CT molecular complexity index is 686. The van der Waals surface area contributed by atoms with Crippen LogP contribution in [0.2, 0.25) is 0 Å². The second kappa shape index (κ2) is 11.9. The number of carboxylic acid groups (broad SMARTS) is 1. The van der Waals surface area contributed by atoms with Gasteiger partial charge in [-0.2, -0.15) is 0 Å². The summed E-state index contributed by atoms with van der Waals surface area (Å²) in [5.41, 5.74) is 0. The van der Waals surface area contributed by atoms with E-state index in [0.717, 1.165) is 51.6 Å². The number of hydrogen-bond acceptors (Lipinski definition) is 6. The first-order valence-corrected chi connectivity index (χ1v) is 12.9. The predicted molar refractivity (Wildman–Crippen MR) is 120 cm³/mol. The highest BCUT2D eigenvalue weighted by molar-refractivity contribution is 8.00. The summed E-state index contributed by atoms with van der Waals surface area (Å²) in [7, 11) is 0. The Balaban J connectivity index is 1.62. The molecule has 0 saturated heterocycles. The van der Waals surface area contributed by atoms with Gasteiger partial charge in [0, 0.05) is 24.1 Å². The number of thiazole rings is 1. The van der Waals surface area contributed by atoms with E-state index < -0.39 is 5.97 Å². The van der Waals surface area contributed by atoms with Gasteiger partial charge in [-0.05, 0) is 44.9 Å². The number of rotatable bonds is 9. The number of amides is 2. The van der Waals surface area contributed by atoms with Gasteiger partial charge in [0.2, 0.25) is 0 Å². The number of carbonyl (C=O) groups is 2. The van der Waals surface area contributed by atoms with E-state index in [2.05, 4.69) is 22.1 Å². The van der Waals surface area contributed by atoms with Crippen molar-refractivity contribution in [2.75, 3.05) is 17.7 Å². The number of thioether (sulfide) groups is 1. The molecule has 0 atom stereocenters. The van der Waals surface area contributed by atoms with Gasteiger partial charge in [0.1, 0.15) is 5.03 Å². The van der Waals surface area contributed by atoms with Gasteiger partial charge >= 0.3 is 12.0 Å². The molecule has 1 aromatic rings. The Hall–Kier alpha value is -1.32. The van der Waals surface area contributed by atoms with Crippen LogP contribution < -0.4 is 5.32 Å². The molecule has 2 aliphatic rings. The molecule has 0 spiro atoms. The molecule has 2 amide bonds. The number of carboxylic acids is 1. The van der Waals surface area contributed by atoms with Crippen LogP contribution in [0.3, 0.4) is 0 Å². The third kappa shape index (κ3) is 6.85. The minimum absolute atomic E-state index is 0.0331. The molecular weight excluding hydrogens is 422 g/mol. The van der Waals surface area contributed by atoms with Crippen LogP contribution in [0.5, 0.6) is 0 Å². The molecule has 2 aliphatic carbocycles. The molecule has 0 aliphatic heterocycles. The SMILES string of the molecule is CCCO[C@H]1CC[C@H](N(C(=O)Nc2nc(SCC(=O)O)cs2)C2CCCCC2)CC1. The Morgan fingerprint density at radius 1 is 1.20 bits per heavy atom. The van der Waals surface area contributed by atoms with E-state index in [9.17, 15) is 9.59 Å². The Morgan fingerprint density at radius 2 is 1.90 bits per heavy atom. The van der Waals surface area contributed by atoms with E-state index in [4.69, 9.17) is 9.84 Å². The fourth-order valence-corrected chi connectivity index (χ4v) is 5.90. The first-order valence-electron chi connectivity index (χ1n) is 11.1. The number of aliphatic carboxylic acids is 1. The van der Waals surface area contributed by atoms with Crippen molar-refractivity contribution in [3.05, 3.63) is 5.38 Å². The molecule has 0 bridgehead atoms. The molecule has 1 aromatic heterocycles. The van der Waals surface area contributed by atoms with E-state index in [1.165, 1.54) is 42.4 Å². The van der Waals surface area contributed by atoms with Crippen molar-refractivity contribution in [3.63, 3.8) is 0 Å². The third-order valence-electron chi connectivity index (χ3n) is 5.84. The van der Waals surface area contributed by atoms with Crippen molar-refractivity contribution in [1.29, 1.82) is 0 Å². The van der Waals surface area contributed by atoms with Crippen LogP contribution in [0.4, 0.5) is 9.93 Å². The maximum Gasteiger partial charge on any atom is 0.324 e. The summed E-state index contributed by atoms with van der Waals surface area (Å²) < 4.78 is 5.93. The van der Waals surface area contributed by atoms with Crippen LogP contribution in [0.25, 0.3) is 0 Å². The largest absolute Gasteiger partial charge is 0.481 e. The lowest BCUT2D eigenvalue weighted by molar-refractivity contribution is -0.133. The highest BCUT2D eigenvalue weighted by atomic mass is 32.2. The van der Waals surface area contributed by atoms with Gasteiger partial charge in [0.15, 0.2) is 5.13 Å². The molecule has 0 aromatic carbocycles. The van der Waals surface area contributed by atoms with Crippen molar-refractivity contribution < 1.29 is 19.4 Å². The van der Waals surface area contributed by atoms with Crippen molar-refractivity contribution in [3.8, 4) is 0 Å². The number of nitrogens with one attached hydrogen (secondary N) is 1. The number of hydrogen-bond donors (Lipinski definition) is 2. The standard InChI is InChI=1S/C21H33N3O4S2/c1-2-12-28-17-10-8-16(9-11-17)24(15-6-4-3-5-7-15)21(27)23-20-22-18(13-30-20)29-14-19(25)26/h13,15-17H,2-12,14H2,1H3,(H,25,26)(H,22,23,27)/t16-,17-. The van der Waals surface area contributed by atoms with Crippen molar-refractivity contribution in [2.45, 2.75) is 94.3 Å². The third-order valence-corrected chi connectivity index (χ3v) is 7.64. The molecule has 2 saturated carbocycles. The summed E-state index contributed by atoms with van der Waals surface area (Å²) >= 11 is 2.51. The fourth-order valence-electron chi connectivity index (χ4n) is 4.44. The molecule has 30 heavy (non-hydrogen) atoms. The summed E-state index contributed by atoms with van der Waals surface area (Å²) in [6, 6.07) is 0.469. The zero-order chi connectivity index (χ0) is 21.3. The zero-order valence-electron chi connectivity index (χ0n) is 17.7. The second-order valence-corrected chi connectivity index (χ2v) is 9.96. The van der Waals surface area contributed by atoms with Crippen molar-refractivity contribution in [1.82, 2.24) is 9.88 Å². The topological polar surface area (TPSA) is 91.8 Å². The number of aromatic nitrogens is 1. The van der Waals surface area contributed by atoms with Crippen LogP contribution in [0, 0.1) is 0 Å². The summed E-state index contributed by atoms with van der Waals surface area (Å²) in [5.74, 6) is -0.908. The van der Waals surface area contributed by atoms with Crippen LogP contribution in [0.1, 0.15) is 71.1 Å². The maximum atomic E-state index is 13.3. The van der Waals surface area contributed by atoms with Gasteiger partial charge in [-0.15, -0.1) is 11.3 Å². The van der Waals surface area contributed by atoms with E-state index in [1.54, 1.807) is 5.38 Å². The lowest BCUT2D eigenvalue weighted by Crippen LogP contribution is -2.51. The van der Waals surface area contributed by atoms with Gasteiger partial charge in [0.25, 0.3) is 0 Å². The molecule has 9 heteroatoms. The number of nitrogens with zero attached hydrogens (tertiary/aromatic N) is 2. The minimum atomic E-state index is -0.874. The van der Waals surface area contributed by atoms with Gasteiger partial charge < -0.3 is 14.7 Å². The van der Waals surface area contributed by atoms with E-state index in [0.29, 0.717) is 16.3 Å². The molecule has 168 valence electrons. The molecule has 0 unspecified atom stereocenters. The average molecular weight is 456 g/mol. The summed E-state index contributed by atoms with van der Waals surface area (Å²) in [5, 5.41) is 14.8. The summed E-state index contributed by atoms with van der Waals surface area (Å²) in [6.45, 7) is 2.94. The molecule has 2 fully saturated rings. The highest BCUT2D eigenvalue weighted by Gasteiger charge is 2.34. The van der Waals surface area contributed by atoms with Gasteiger partial charge in [-0.3, -0.25) is 10.1 Å². The van der Waals surface area contributed by atoms with Gasteiger partial charge in [-0.1, -0.05) is 37.9 Å². The first-order chi connectivity index (χ1) is 14.6. The minimum Gasteiger partial charge on any atom is -0.481 e. The second-order valence-electron chi connectivity index (χ2n) is 8.10. The normalized spacial score (nSPS) is 22.6. The van der Waals surface area contributed by atoms with Crippen LogP contribution in [-0.2, 0) is 9.53 Å². The maximum absolute atomic E-state index is 13.3. The van der Waals surface area contributed by atoms with E-state index in [-0.39, 0.29) is 23.9 Å². The van der Waals surface area contributed by atoms with Crippen molar-refractivity contribution >= 4 is 40.2 Å². The number of ether oxygens (including phenoxy) is 1. The van der Waals surface area contributed by atoms with E-state index in [1.807, 2.05) is 0 Å². The molecule has 1 heterocycles. The monoisotopic (exact) mass is 455 g/mol. The number of urea groups is 1. The van der Waals surface area contributed by atoms with Gasteiger partial charge in [-0.25, -0.2) is 9.78 Å². The van der Waals surface area contributed by atoms with Crippen LogP contribution in [-0.4, -0.2) is 57.5 Å². The fraction of sp³-hybridized carbons (Fsp3) is 0.762. The molecule has 2 N–H and O–H groups in total. The van der Waals surface area contributed by atoms with Crippen molar-refractivity contribution in [2.24, 2.45) is 0 Å². The Morgan fingerprint density at radius 3 is 2.57 bits per heavy atom. The predicted octanol–water partition coefficient (Wildman–Crippen LogP) is 5.22. The first kappa shape index (κ1) is 23.3. The Labute approximate surface area is 187 Å². The zero-order valence-corrected chi connectivity index (χ0v) is 19.3. The molecule has 3 rings (SSSR count). The Kier molecular flexibility index (Phi) is 9.27.